The van der Waals surface area contributed by atoms with Crippen LogP contribution in [0.3, 0.4) is 0 Å². The first kappa shape index (κ1) is 17.7. The number of carbonyl (C=O) groups excluding carboxylic acids is 2. The number of amides is 1. The van der Waals surface area contributed by atoms with Gasteiger partial charge in [0.1, 0.15) is 13.2 Å². The van der Waals surface area contributed by atoms with E-state index in [0.717, 1.165) is 9.99 Å². The molecule has 130 valence electrons. The Kier molecular flexibility index (Phi) is 5.57. The molecule has 0 unspecified atom stereocenters. The summed E-state index contributed by atoms with van der Waals surface area (Å²) >= 11 is 2.13. The molecule has 1 amide bonds. The minimum absolute atomic E-state index is 0.129. The van der Waals surface area contributed by atoms with Crippen LogP contribution in [0.4, 0.5) is 5.69 Å². The van der Waals surface area contributed by atoms with Crippen LogP contribution in [0.25, 0.3) is 0 Å². The van der Waals surface area contributed by atoms with Crippen molar-refractivity contribution < 1.29 is 19.1 Å². The Morgan fingerprint density at radius 1 is 1.08 bits per heavy atom. The quantitative estimate of drug-likeness (QED) is 0.551. The standard InChI is InChI=1S/C19H18INO4/c1-2-5-18(22)21-15-11-17-16(24-8-9-25-17)10-13(15)19(23)12-6-3-4-7-14(12)20/h3-4,6-7,10-11H,2,5,8-9H2,1H3,(H,21,22). The summed E-state index contributed by atoms with van der Waals surface area (Å²) in [4.78, 5) is 25.1. The highest BCUT2D eigenvalue weighted by Crippen LogP contribution is 2.37. The van der Waals surface area contributed by atoms with Crippen molar-refractivity contribution in [2.24, 2.45) is 0 Å². The summed E-state index contributed by atoms with van der Waals surface area (Å²) in [6, 6.07) is 10.7. The molecular formula is C19H18INO4. The number of fused-ring (bicyclic) bond motifs is 1. The zero-order chi connectivity index (χ0) is 17.8. The van der Waals surface area contributed by atoms with E-state index in [4.69, 9.17) is 9.47 Å². The highest BCUT2D eigenvalue weighted by molar-refractivity contribution is 14.1. The zero-order valence-electron chi connectivity index (χ0n) is 13.8. The van der Waals surface area contributed by atoms with Crippen molar-refractivity contribution >= 4 is 40.0 Å². The van der Waals surface area contributed by atoms with Crippen LogP contribution in [-0.2, 0) is 4.79 Å². The zero-order valence-corrected chi connectivity index (χ0v) is 16.0. The number of anilines is 1. The maximum absolute atomic E-state index is 13.1. The number of benzene rings is 2. The van der Waals surface area contributed by atoms with Crippen LogP contribution in [0.2, 0.25) is 0 Å². The van der Waals surface area contributed by atoms with E-state index in [1.54, 1.807) is 18.2 Å². The second kappa shape index (κ2) is 7.86. The van der Waals surface area contributed by atoms with E-state index in [0.29, 0.717) is 47.9 Å². The number of hydrogen-bond acceptors (Lipinski definition) is 4. The largest absolute Gasteiger partial charge is 0.486 e. The van der Waals surface area contributed by atoms with Gasteiger partial charge < -0.3 is 14.8 Å². The van der Waals surface area contributed by atoms with Gasteiger partial charge in [-0.15, -0.1) is 0 Å². The number of ketones is 1. The second-order valence-electron chi connectivity index (χ2n) is 5.65. The van der Waals surface area contributed by atoms with Crippen molar-refractivity contribution in [1.82, 2.24) is 0 Å². The van der Waals surface area contributed by atoms with Gasteiger partial charge in [0.25, 0.3) is 0 Å². The molecule has 0 aromatic heterocycles. The molecule has 25 heavy (non-hydrogen) atoms. The van der Waals surface area contributed by atoms with Gasteiger partial charge in [-0.3, -0.25) is 9.59 Å². The van der Waals surface area contributed by atoms with Crippen LogP contribution in [0.5, 0.6) is 11.5 Å². The van der Waals surface area contributed by atoms with E-state index in [1.807, 2.05) is 25.1 Å². The molecule has 0 fully saturated rings. The Hall–Kier alpha value is -2.09. The van der Waals surface area contributed by atoms with Crippen LogP contribution < -0.4 is 14.8 Å². The van der Waals surface area contributed by atoms with E-state index in [1.165, 1.54) is 0 Å². The third kappa shape index (κ3) is 3.95. The maximum Gasteiger partial charge on any atom is 0.224 e. The molecule has 0 saturated heterocycles. The van der Waals surface area contributed by atoms with Crippen molar-refractivity contribution in [2.75, 3.05) is 18.5 Å². The van der Waals surface area contributed by atoms with E-state index < -0.39 is 0 Å². The Morgan fingerprint density at radius 3 is 2.44 bits per heavy atom. The van der Waals surface area contributed by atoms with E-state index in [9.17, 15) is 9.59 Å². The summed E-state index contributed by atoms with van der Waals surface area (Å²) in [6.07, 6.45) is 1.13. The molecule has 1 N–H and O–H groups in total. The molecule has 0 spiro atoms. The van der Waals surface area contributed by atoms with Crippen molar-refractivity contribution in [3.8, 4) is 11.5 Å². The topological polar surface area (TPSA) is 64.6 Å². The van der Waals surface area contributed by atoms with Crippen LogP contribution in [0.15, 0.2) is 36.4 Å². The first-order valence-corrected chi connectivity index (χ1v) is 9.20. The average molecular weight is 451 g/mol. The molecule has 6 heteroatoms. The molecule has 0 bridgehead atoms. The van der Waals surface area contributed by atoms with Gasteiger partial charge >= 0.3 is 0 Å². The summed E-state index contributed by atoms with van der Waals surface area (Å²) in [5, 5.41) is 2.83. The van der Waals surface area contributed by atoms with Gasteiger partial charge in [-0.25, -0.2) is 0 Å². The third-order valence-electron chi connectivity index (χ3n) is 3.80. The SMILES string of the molecule is CCCC(=O)Nc1cc2c(cc1C(=O)c1ccccc1I)OCCO2. The first-order valence-electron chi connectivity index (χ1n) is 8.13. The highest BCUT2D eigenvalue weighted by Gasteiger charge is 2.22. The predicted octanol–water partition coefficient (Wildman–Crippen LogP) is 4.03. The highest BCUT2D eigenvalue weighted by atomic mass is 127. The Morgan fingerprint density at radius 2 is 1.76 bits per heavy atom. The van der Waals surface area contributed by atoms with Crippen molar-refractivity contribution in [3.05, 3.63) is 51.1 Å². The lowest BCUT2D eigenvalue weighted by molar-refractivity contribution is -0.116. The molecule has 0 aliphatic carbocycles. The number of hydrogen-bond donors (Lipinski definition) is 1. The van der Waals surface area contributed by atoms with Crippen molar-refractivity contribution in [1.29, 1.82) is 0 Å². The summed E-state index contributed by atoms with van der Waals surface area (Å²) in [5.74, 6) is 0.774. The predicted molar refractivity (Wildman–Crippen MR) is 104 cm³/mol. The molecule has 0 atom stereocenters. The molecule has 1 heterocycles. The average Bonchev–Trinajstić information content (AvgIpc) is 2.61. The van der Waals surface area contributed by atoms with Gasteiger partial charge in [0.15, 0.2) is 17.3 Å². The maximum atomic E-state index is 13.1. The number of carbonyl (C=O) groups is 2. The lowest BCUT2D eigenvalue weighted by Gasteiger charge is -2.21. The van der Waals surface area contributed by atoms with Gasteiger partial charge in [0.05, 0.1) is 11.3 Å². The lowest BCUT2D eigenvalue weighted by Crippen LogP contribution is -2.19. The fourth-order valence-corrected chi connectivity index (χ4v) is 3.24. The number of nitrogens with one attached hydrogen (secondary N) is 1. The second-order valence-corrected chi connectivity index (χ2v) is 6.81. The Labute approximate surface area is 159 Å². The van der Waals surface area contributed by atoms with Gasteiger partial charge in [-0.2, -0.15) is 0 Å². The number of halogens is 1. The first-order chi connectivity index (χ1) is 12.1. The van der Waals surface area contributed by atoms with Crippen LogP contribution in [-0.4, -0.2) is 24.9 Å². The fraction of sp³-hybridized carbons (Fsp3) is 0.263. The van der Waals surface area contributed by atoms with Crippen LogP contribution in [0.1, 0.15) is 35.7 Å². The lowest BCUT2D eigenvalue weighted by atomic mass is 10.0. The Balaban J connectivity index is 2.05. The number of rotatable bonds is 5. The van der Waals surface area contributed by atoms with E-state index in [-0.39, 0.29) is 11.7 Å². The molecule has 2 aromatic rings. The van der Waals surface area contributed by atoms with E-state index in [2.05, 4.69) is 27.9 Å². The summed E-state index contributed by atoms with van der Waals surface area (Å²) in [6.45, 7) is 2.81. The third-order valence-corrected chi connectivity index (χ3v) is 4.74. The van der Waals surface area contributed by atoms with Crippen molar-refractivity contribution in [3.63, 3.8) is 0 Å². The van der Waals surface area contributed by atoms with Gasteiger partial charge in [-0.05, 0) is 47.2 Å². The Bertz CT molecular complexity index is 819. The minimum atomic E-state index is -0.159. The summed E-state index contributed by atoms with van der Waals surface area (Å²) in [7, 11) is 0. The molecule has 1 aliphatic heterocycles. The van der Waals surface area contributed by atoms with Crippen molar-refractivity contribution in [2.45, 2.75) is 19.8 Å². The summed E-state index contributed by atoms with van der Waals surface area (Å²) in [5.41, 5.74) is 1.44. The summed E-state index contributed by atoms with van der Waals surface area (Å²) < 4.78 is 12.0. The molecule has 2 aromatic carbocycles. The fourth-order valence-electron chi connectivity index (χ4n) is 2.61. The van der Waals surface area contributed by atoms with E-state index >= 15 is 0 Å². The molecule has 1 aliphatic rings. The van der Waals surface area contributed by atoms with Crippen LogP contribution >= 0.6 is 22.6 Å². The van der Waals surface area contributed by atoms with Gasteiger partial charge in [0, 0.05) is 21.6 Å². The van der Waals surface area contributed by atoms with Gasteiger partial charge in [0.2, 0.25) is 5.91 Å². The number of ether oxygens (including phenoxy) is 2. The van der Waals surface area contributed by atoms with Gasteiger partial charge in [-0.1, -0.05) is 19.1 Å². The smallest absolute Gasteiger partial charge is 0.224 e. The minimum Gasteiger partial charge on any atom is -0.486 e. The molecular weight excluding hydrogens is 433 g/mol. The molecule has 0 radical (unpaired) electrons. The molecule has 0 saturated carbocycles. The van der Waals surface area contributed by atoms with Crippen LogP contribution in [0, 0.1) is 3.57 Å². The molecule has 3 rings (SSSR count). The monoisotopic (exact) mass is 451 g/mol. The molecule has 5 nitrogen and oxygen atoms in total. The normalized spacial score (nSPS) is 12.6.